The molecule has 6 nitrogen and oxygen atoms in total. The Labute approximate surface area is 143 Å². The normalized spacial score (nSPS) is 18.2. The van der Waals surface area contributed by atoms with Crippen molar-refractivity contribution in [2.45, 2.75) is 12.8 Å². The van der Waals surface area contributed by atoms with Crippen LogP contribution in [-0.4, -0.2) is 62.5 Å². The maximum absolute atomic E-state index is 12.3. The molecule has 130 valence electrons. The van der Waals surface area contributed by atoms with Gasteiger partial charge in [0.1, 0.15) is 0 Å². The fourth-order valence-corrected chi connectivity index (χ4v) is 3.08. The van der Waals surface area contributed by atoms with Gasteiger partial charge in [-0.05, 0) is 18.6 Å². The first-order valence-electron chi connectivity index (χ1n) is 8.80. The lowest BCUT2D eigenvalue weighted by Gasteiger charge is -2.36. The Morgan fingerprint density at radius 2 is 1.79 bits per heavy atom. The smallest absolute Gasteiger partial charge is 0.225 e. The van der Waals surface area contributed by atoms with Crippen molar-refractivity contribution >= 4 is 17.5 Å². The summed E-state index contributed by atoms with van der Waals surface area (Å²) in [5, 5.41) is 6.00. The minimum atomic E-state index is 0.109. The first-order chi connectivity index (χ1) is 11.7. The minimum Gasteiger partial charge on any atom is -0.368 e. The van der Waals surface area contributed by atoms with Crippen LogP contribution in [0.3, 0.4) is 0 Å². The molecule has 1 aromatic rings. The second-order valence-corrected chi connectivity index (χ2v) is 6.45. The molecule has 0 spiro atoms. The number of nitrogens with zero attached hydrogens (tertiary/aromatic N) is 2. The van der Waals surface area contributed by atoms with E-state index in [1.165, 1.54) is 5.69 Å². The van der Waals surface area contributed by atoms with E-state index >= 15 is 0 Å². The van der Waals surface area contributed by atoms with Crippen LogP contribution in [0.25, 0.3) is 0 Å². The van der Waals surface area contributed by atoms with E-state index in [4.69, 9.17) is 0 Å². The Balaban J connectivity index is 1.32. The molecule has 6 heteroatoms. The first-order valence-corrected chi connectivity index (χ1v) is 8.80. The lowest BCUT2D eigenvalue weighted by molar-refractivity contribution is -0.132. The lowest BCUT2D eigenvalue weighted by atomic mass is 10.0. The average molecular weight is 330 g/mol. The van der Waals surface area contributed by atoms with Gasteiger partial charge in [-0.3, -0.25) is 9.59 Å². The van der Waals surface area contributed by atoms with Gasteiger partial charge in [0.2, 0.25) is 11.8 Å². The summed E-state index contributed by atoms with van der Waals surface area (Å²) in [6.07, 6.45) is 1.22. The van der Waals surface area contributed by atoms with Crippen molar-refractivity contribution in [2.75, 3.05) is 50.7 Å². The number of carbonyl (C=O) groups excluding carboxylic acids is 2. The zero-order valence-electron chi connectivity index (χ0n) is 14.0. The second kappa shape index (κ2) is 8.15. The fraction of sp³-hybridized carbons (Fsp3) is 0.556. The van der Waals surface area contributed by atoms with Crippen LogP contribution in [0.2, 0.25) is 0 Å². The van der Waals surface area contributed by atoms with Crippen LogP contribution in [0, 0.1) is 5.92 Å². The van der Waals surface area contributed by atoms with E-state index in [2.05, 4.69) is 27.7 Å². The summed E-state index contributed by atoms with van der Waals surface area (Å²) in [6, 6.07) is 10.3. The van der Waals surface area contributed by atoms with E-state index in [0.29, 0.717) is 19.4 Å². The molecule has 0 bridgehead atoms. The first kappa shape index (κ1) is 16.8. The fourth-order valence-electron chi connectivity index (χ4n) is 3.08. The molecule has 0 saturated carbocycles. The highest BCUT2D eigenvalue weighted by atomic mass is 16.2. The molecular weight excluding hydrogens is 304 g/mol. The van der Waals surface area contributed by atoms with Crippen LogP contribution in [0.4, 0.5) is 5.69 Å². The van der Waals surface area contributed by atoms with E-state index in [0.717, 1.165) is 39.3 Å². The number of para-hydroxylation sites is 1. The number of hydrogen-bond acceptors (Lipinski definition) is 4. The number of hydrogen-bond donors (Lipinski definition) is 2. The third-order valence-electron chi connectivity index (χ3n) is 4.77. The number of rotatable bonds is 6. The summed E-state index contributed by atoms with van der Waals surface area (Å²) < 4.78 is 0. The number of anilines is 1. The predicted octanol–water partition coefficient (Wildman–Crippen LogP) is 0.451. The molecule has 2 aliphatic heterocycles. The Morgan fingerprint density at radius 1 is 1.08 bits per heavy atom. The van der Waals surface area contributed by atoms with E-state index in [9.17, 15) is 9.59 Å². The van der Waals surface area contributed by atoms with Gasteiger partial charge in [-0.15, -0.1) is 0 Å². The van der Waals surface area contributed by atoms with Crippen molar-refractivity contribution in [3.8, 4) is 0 Å². The third-order valence-corrected chi connectivity index (χ3v) is 4.77. The van der Waals surface area contributed by atoms with E-state index < -0.39 is 0 Å². The second-order valence-electron chi connectivity index (χ2n) is 6.45. The molecular formula is C18H26N4O2. The Bertz CT molecular complexity index is 551. The zero-order chi connectivity index (χ0) is 16.8. The van der Waals surface area contributed by atoms with Gasteiger partial charge in [0.15, 0.2) is 0 Å². The number of benzene rings is 1. The average Bonchev–Trinajstić information content (AvgIpc) is 2.58. The summed E-state index contributed by atoms with van der Waals surface area (Å²) in [4.78, 5) is 28.2. The van der Waals surface area contributed by atoms with E-state index in [1.807, 2.05) is 23.1 Å². The summed E-state index contributed by atoms with van der Waals surface area (Å²) >= 11 is 0. The van der Waals surface area contributed by atoms with Gasteiger partial charge in [-0.1, -0.05) is 18.2 Å². The molecule has 2 heterocycles. The van der Waals surface area contributed by atoms with Crippen LogP contribution in [-0.2, 0) is 9.59 Å². The molecule has 2 N–H and O–H groups in total. The van der Waals surface area contributed by atoms with Crippen molar-refractivity contribution in [1.29, 1.82) is 0 Å². The summed E-state index contributed by atoms with van der Waals surface area (Å²) in [6.45, 7) is 5.43. The minimum absolute atomic E-state index is 0.109. The molecule has 0 aromatic heterocycles. The van der Waals surface area contributed by atoms with Crippen molar-refractivity contribution in [2.24, 2.45) is 5.92 Å². The molecule has 2 amide bonds. The molecule has 2 fully saturated rings. The largest absolute Gasteiger partial charge is 0.368 e. The number of piperazine rings is 1. The number of amides is 2. The molecule has 24 heavy (non-hydrogen) atoms. The standard InChI is InChI=1S/C18H26N4O2/c23-17(7-4-8-20-18(24)15-13-19-14-15)22-11-9-21(10-12-22)16-5-2-1-3-6-16/h1-3,5-6,15,19H,4,7-14H2,(H,20,24). The van der Waals surface area contributed by atoms with E-state index in [-0.39, 0.29) is 17.7 Å². The van der Waals surface area contributed by atoms with E-state index in [1.54, 1.807) is 0 Å². The van der Waals surface area contributed by atoms with Gasteiger partial charge in [0.05, 0.1) is 5.92 Å². The topological polar surface area (TPSA) is 64.7 Å². The third kappa shape index (κ3) is 4.26. The maximum atomic E-state index is 12.3. The van der Waals surface area contributed by atoms with Gasteiger partial charge in [0.25, 0.3) is 0 Å². The molecule has 0 radical (unpaired) electrons. The van der Waals surface area contributed by atoms with Crippen molar-refractivity contribution in [3.05, 3.63) is 30.3 Å². The molecule has 0 atom stereocenters. The van der Waals surface area contributed by atoms with Crippen LogP contribution >= 0.6 is 0 Å². The van der Waals surface area contributed by atoms with Crippen molar-refractivity contribution < 1.29 is 9.59 Å². The van der Waals surface area contributed by atoms with Gasteiger partial charge < -0.3 is 20.4 Å². The highest BCUT2D eigenvalue weighted by molar-refractivity contribution is 5.80. The van der Waals surface area contributed by atoms with Gasteiger partial charge >= 0.3 is 0 Å². The molecule has 0 aliphatic carbocycles. The van der Waals surface area contributed by atoms with Gasteiger partial charge in [-0.25, -0.2) is 0 Å². The molecule has 0 unspecified atom stereocenters. The predicted molar refractivity (Wildman–Crippen MR) is 93.8 cm³/mol. The molecule has 2 saturated heterocycles. The Kier molecular flexibility index (Phi) is 5.69. The van der Waals surface area contributed by atoms with Crippen LogP contribution in [0.15, 0.2) is 30.3 Å². The summed E-state index contributed by atoms with van der Waals surface area (Å²) in [5.74, 6) is 0.423. The summed E-state index contributed by atoms with van der Waals surface area (Å²) in [7, 11) is 0. The van der Waals surface area contributed by atoms with Gasteiger partial charge in [-0.2, -0.15) is 0 Å². The number of nitrogens with one attached hydrogen (secondary N) is 2. The molecule has 3 rings (SSSR count). The van der Waals surface area contributed by atoms with Crippen molar-refractivity contribution in [3.63, 3.8) is 0 Å². The summed E-state index contributed by atoms with van der Waals surface area (Å²) in [5.41, 5.74) is 1.22. The zero-order valence-corrected chi connectivity index (χ0v) is 14.0. The Morgan fingerprint density at radius 3 is 2.42 bits per heavy atom. The number of carbonyl (C=O) groups is 2. The lowest BCUT2D eigenvalue weighted by Crippen LogP contribution is -2.51. The van der Waals surface area contributed by atoms with Crippen molar-refractivity contribution in [1.82, 2.24) is 15.5 Å². The van der Waals surface area contributed by atoms with Crippen LogP contribution in [0.1, 0.15) is 12.8 Å². The molecule has 1 aromatic carbocycles. The SMILES string of the molecule is O=C(NCCCC(=O)N1CCN(c2ccccc2)CC1)C1CNC1. The highest BCUT2D eigenvalue weighted by Crippen LogP contribution is 2.16. The van der Waals surface area contributed by atoms with Crippen LogP contribution < -0.4 is 15.5 Å². The van der Waals surface area contributed by atoms with Gasteiger partial charge in [0, 0.05) is 57.9 Å². The highest BCUT2D eigenvalue weighted by Gasteiger charge is 2.24. The molecule has 2 aliphatic rings. The van der Waals surface area contributed by atoms with Crippen LogP contribution in [0.5, 0.6) is 0 Å². The maximum Gasteiger partial charge on any atom is 0.225 e. The Hall–Kier alpha value is -2.08. The quantitative estimate of drug-likeness (QED) is 0.744. The monoisotopic (exact) mass is 330 g/mol.